The molecule has 0 aliphatic carbocycles. The van der Waals surface area contributed by atoms with Crippen LogP contribution in [0.4, 0.5) is 8.78 Å². The molecule has 1 amide bonds. The summed E-state index contributed by atoms with van der Waals surface area (Å²) in [6.45, 7) is 3.78. The Morgan fingerprint density at radius 2 is 2.03 bits per heavy atom. The first kappa shape index (κ1) is 25.0. The van der Waals surface area contributed by atoms with E-state index in [4.69, 9.17) is 14.2 Å². The zero-order valence-corrected chi connectivity index (χ0v) is 20.0. The number of pyridine rings is 1. The summed E-state index contributed by atoms with van der Waals surface area (Å²) in [7, 11) is 2.82. The lowest BCUT2D eigenvalue weighted by molar-refractivity contribution is -0.0424. The van der Waals surface area contributed by atoms with Crippen LogP contribution in [-0.4, -0.2) is 49.3 Å². The van der Waals surface area contributed by atoms with E-state index in [1.165, 1.54) is 19.4 Å². The van der Waals surface area contributed by atoms with Gasteiger partial charge in [0, 0.05) is 38.1 Å². The lowest BCUT2D eigenvalue weighted by Crippen LogP contribution is -2.51. The molecular formula is C25H28F2N2O6. The number of methoxy groups -OCH3 is 2. The van der Waals surface area contributed by atoms with Crippen molar-refractivity contribution >= 4 is 11.7 Å². The first-order valence-electron chi connectivity index (χ1n) is 11.4. The molecule has 188 valence electrons. The number of benzene rings is 1. The Kier molecular flexibility index (Phi) is 6.79. The maximum absolute atomic E-state index is 14.0. The number of carbonyl (C=O) groups excluding carboxylic acids is 2. The smallest absolute Gasteiger partial charge is 0.257 e. The number of hydrogen-bond donors (Lipinski definition) is 1. The SMILES string of the molecule is COCCC1(C)C(=O)c2c(OC)c(=O)c(C(=O)NCc3ccc(F)cc3F)cn2C2CC(C)OC21. The third-order valence-electron chi connectivity index (χ3n) is 6.94. The van der Waals surface area contributed by atoms with E-state index < -0.39 is 34.5 Å². The van der Waals surface area contributed by atoms with Crippen molar-refractivity contribution in [2.75, 3.05) is 20.8 Å². The maximum atomic E-state index is 14.0. The van der Waals surface area contributed by atoms with Crippen LogP contribution in [0.1, 0.15) is 59.1 Å². The Morgan fingerprint density at radius 1 is 1.29 bits per heavy atom. The second-order valence-electron chi connectivity index (χ2n) is 9.24. The van der Waals surface area contributed by atoms with E-state index in [2.05, 4.69) is 5.32 Å². The summed E-state index contributed by atoms with van der Waals surface area (Å²) in [6, 6.07) is 2.70. The van der Waals surface area contributed by atoms with Gasteiger partial charge in [-0.15, -0.1) is 0 Å². The van der Waals surface area contributed by atoms with Gasteiger partial charge >= 0.3 is 0 Å². The van der Waals surface area contributed by atoms with Crippen LogP contribution in [-0.2, 0) is 16.0 Å². The highest BCUT2D eigenvalue weighted by atomic mass is 19.1. The van der Waals surface area contributed by atoms with Crippen LogP contribution >= 0.6 is 0 Å². The zero-order valence-electron chi connectivity index (χ0n) is 20.0. The number of ether oxygens (including phenoxy) is 3. The van der Waals surface area contributed by atoms with Crippen molar-refractivity contribution in [3.8, 4) is 5.75 Å². The minimum absolute atomic E-state index is 0.0620. The van der Waals surface area contributed by atoms with Crippen LogP contribution < -0.4 is 15.5 Å². The second-order valence-corrected chi connectivity index (χ2v) is 9.24. The Bertz CT molecular complexity index is 1230. The van der Waals surface area contributed by atoms with Crippen LogP contribution in [0.2, 0.25) is 0 Å². The lowest BCUT2D eigenvalue weighted by Gasteiger charge is -2.43. The number of nitrogens with one attached hydrogen (secondary N) is 1. The molecule has 2 aromatic rings. The predicted molar refractivity (Wildman–Crippen MR) is 122 cm³/mol. The molecular weight excluding hydrogens is 462 g/mol. The van der Waals surface area contributed by atoms with E-state index in [-0.39, 0.29) is 47.0 Å². The van der Waals surface area contributed by atoms with E-state index in [0.29, 0.717) is 25.5 Å². The molecule has 0 spiro atoms. The first-order chi connectivity index (χ1) is 16.6. The normalized spacial score (nSPS) is 25.2. The number of carbonyl (C=O) groups is 2. The van der Waals surface area contributed by atoms with Crippen molar-refractivity contribution < 1.29 is 32.6 Å². The average Bonchev–Trinajstić information content (AvgIpc) is 3.22. The average molecular weight is 491 g/mol. The number of nitrogens with zero attached hydrogens (tertiary/aromatic N) is 1. The second kappa shape index (κ2) is 9.50. The summed E-state index contributed by atoms with van der Waals surface area (Å²) < 4.78 is 45.5. The summed E-state index contributed by atoms with van der Waals surface area (Å²) in [6.07, 6.45) is 1.68. The van der Waals surface area contributed by atoms with Crippen molar-refractivity contribution in [3.05, 3.63) is 63.1 Å². The fraction of sp³-hybridized carbons (Fsp3) is 0.480. The van der Waals surface area contributed by atoms with Gasteiger partial charge in [-0.2, -0.15) is 0 Å². The quantitative estimate of drug-likeness (QED) is 0.641. The molecule has 2 aliphatic rings. The predicted octanol–water partition coefficient (Wildman–Crippen LogP) is 3.02. The van der Waals surface area contributed by atoms with Gasteiger partial charge in [-0.3, -0.25) is 14.4 Å². The number of amides is 1. The van der Waals surface area contributed by atoms with Crippen molar-refractivity contribution in [2.45, 2.75) is 51.5 Å². The Labute approximate surface area is 201 Å². The number of ketones is 1. The van der Waals surface area contributed by atoms with Crippen LogP contribution in [0.15, 0.2) is 29.2 Å². The molecule has 0 bridgehead atoms. The fourth-order valence-electron chi connectivity index (χ4n) is 5.04. The zero-order chi connectivity index (χ0) is 25.5. The van der Waals surface area contributed by atoms with Crippen LogP contribution in [0.25, 0.3) is 0 Å². The molecule has 3 heterocycles. The molecule has 0 radical (unpaired) electrons. The maximum Gasteiger partial charge on any atom is 0.257 e. The van der Waals surface area contributed by atoms with Gasteiger partial charge in [-0.1, -0.05) is 6.07 Å². The molecule has 4 unspecified atom stereocenters. The first-order valence-corrected chi connectivity index (χ1v) is 11.4. The summed E-state index contributed by atoms with van der Waals surface area (Å²) in [5.41, 5.74) is -1.79. The van der Waals surface area contributed by atoms with E-state index in [9.17, 15) is 23.2 Å². The van der Waals surface area contributed by atoms with Crippen molar-refractivity contribution in [1.29, 1.82) is 0 Å². The topological polar surface area (TPSA) is 95.9 Å². The van der Waals surface area contributed by atoms with Gasteiger partial charge < -0.3 is 24.1 Å². The van der Waals surface area contributed by atoms with Gasteiger partial charge in [0.2, 0.25) is 5.43 Å². The van der Waals surface area contributed by atoms with Gasteiger partial charge in [-0.05, 0) is 32.8 Å². The van der Waals surface area contributed by atoms with E-state index in [1.54, 1.807) is 18.6 Å². The Balaban J connectivity index is 1.75. The van der Waals surface area contributed by atoms with Crippen LogP contribution in [0.3, 0.4) is 0 Å². The Hall–Kier alpha value is -3.11. The number of rotatable bonds is 7. The van der Waals surface area contributed by atoms with Crippen molar-refractivity contribution in [1.82, 2.24) is 9.88 Å². The summed E-state index contributed by atoms with van der Waals surface area (Å²) >= 11 is 0. The van der Waals surface area contributed by atoms with Crippen LogP contribution in [0, 0.1) is 17.0 Å². The monoisotopic (exact) mass is 490 g/mol. The largest absolute Gasteiger partial charge is 0.491 e. The summed E-state index contributed by atoms with van der Waals surface area (Å²) in [5.74, 6) is -2.86. The van der Waals surface area contributed by atoms with Gasteiger partial charge in [0.1, 0.15) is 22.9 Å². The minimum Gasteiger partial charge on any atom is -0.491 e. The molecule has 1 aromatic heterocycles. The highest BCUT2D eigenvalue weighted by molar-refractivity contribution is 6.04. The number of hydrogen-bond acceptors (Lipinski definition) is 6. The molecule has 8 nitrogen and oxygen atoms in total. The molecule has 1 N–H and O–H groups in total. The molecule has 0 saturated carbocycles. The third kappa shape index (κ3) is 4.25. The van der Waals surface area contributed by atoms with Crippen LogP contribution in [0.5, 0.6) is 5.75 Å². The third-order valence-corrected chi connectivity index (χ3v) is 6.94. The molecule has 35 heavy (non-hydrogen) atoms. The minimum atomic E-state index is -0.949. The van der Waals surface area contributed by atoms with Gasteiger partial charge in [0.25, 0.3) is 5.91 Å². The number of halogens is 2. The molecule has 1 aromatic carbocycles. The molecule has 1 saturated heterocycles. The molecule has 4 atom stereocenters. The number of fused-ring (bicyclic) bond motifs is 3. The van der Waals surface area contributed by atoms with E-state index in [1.807, 2.05) is 6.92 Å². The number of Topliss-reactive ketones (excluding diaryl/α,β-unsaturated/α-hetero) is 1. The van der Waals surface area contributed by atoms with E-state index in [0.717, 1.165) is 6.07 Å². The highest BCUT2D eigenvalue weighted by Gasteiger charge is 2.56. The molecule has 1 fully saturated rings. The molecule has 4 rings (SSSR count). The molecule has 2 aliphatic heterocycles. The van der Waals surface area contributed by atoms with Gasteiger partial charge in [0.15, 0.2) is 11.5 Å². The molecule has 10 heteroatoms. The van der Waals surface area contributed by atoms with E-state index >= 15 is 0 Å². The highest BCUT2D eigenvalue weighted by Crippen LogP contribution is 2.49. The summed E-state index contributed by atoms with van der Waals surface area (Å²) in [4.78, 5) is 39.9. The van der Waals surface area contributed by atoms with Gasteiger partial charge in [-0.25, -0.2) is 8.78 Å². The van der Waals surface area contributed by atoms with Crippen molar-refractivity contribution in [2.24, 2.45) is 5.41 Å². The fourth-order valence-corrected chi connectivity index (χ4v) is 5.04. The standard InChI is InChI=1S/C25H28F2N2O6/c1-13-9-18-23(35-13)25(2,7-8-33-3)22(31)19-21(34-4)20(30)16(12-29(18)19)24(32)28-11-14-5-6-15(26)10-17(14)27/h5-6,10,12-13,18,23H,7-9,11H2,1-4H3,(H,28,32). The van der Waals surface area contributed by atoms with Crippen molar-refractivity contribution in [3.63, 3.8) is 0 Å². The Morgan fingerprint density at radius 3 is 2.69 bits per heavy atom. The van der Waals surface area contributed by atoms with Gasteiger partial charge in [0.05, 0.1) is 30.8 Å². The summed E-state index contributed by atoms with van der Waals surface area (Å²) in [5, 5.41) is 2.50. The number of aromatic nitrogens is 1. The lowest BCUT2D eigenvalue weighted by atomic mass is 9.70.